The maximum absolute atomic E-state index is 11.3. The molecule has 1 aromatic rings. The molecule has 1 atom stereocenters. The number of hydrogen-bond donors (Lipinski definition) is 1. The van der Waals surface area contributed by atoms with Crippen LogP contribution in [0.25, 0.3) is 0 Å². The SMILES string of the molecule is CCN(CC)C(C(=O)O)c1ccc(OC)nc1. The molecule has 0 aliphatic heterocycles. The molecule has 1 unspecified atom stereocenters. The molecule has 1 heterocycles. The predicted octanol–water partition coefficient (Wildman–Crippen LogP) is 1.56. The molecule has 1 aromatic heterocycles. The second kappa shape index (κ2) is 6.20. The van der Waals surface area contributed by atoms with Crippen LogP contribution in [0.4, 0.5) is 0 Å². The van der Waals surface area contributed by atoms with Crippen LogP contribution in [0.15, 0.2) is 18.3 Å². The largest absolute Gasteiger partial charge is 0.481 e. The van der Waals surface area contributed by atoms with Crippen molar-refractivity contribution in [2.75, 3.05) is 20.2 Å². The van der Waals surface area contributed by atoms with Crippen molar-refractivity contribution in [1.29, 1.82) is 0 Å². The normalized spacial score (nSPS) is 12.5. The molecule has 5 heteroatoms. The molecular formula is C12H18N2O3. The first-order valence-electron chi connectivity index (χ1n) is 5.60. The number of aliphatic carboxylic acids is 1. The zero-order valence-electron chi connectivity index (χ0n) is 10.4. The maximum atomic E-state index is 11.3. The van der Waals surface area contributed by atoms with Crippen molar-refractivity contribution < 1.29 is 14.6 Å². The number of carboxylic acid groups (broad SMARTS) is 1. The molecule has 0 saturated carbocycles. The Morgan fingerprint density at radius 3 is 2.47 bits per heavy atom. The summed E-state index contributed by atoms with van der Waals surface area (Å²) in [6.07, 6.45) is 1.55. The lowest BCUT2D eigenvalue weighted by molar-refractivity contribution is -0.143. The van der Waals surface area contributed by atoms with Crippen LogP contribution in [0.3, 0.4) is 0 Å². The summed E-state index contributed by atoms with van der Waals surface area (Å²) in [6.45, 7) is 5.24. The smallest absolute Gasteiger partial charge is 0.325 e. The van der Waals surface area contributed by atoms with E-state index in [0.29, 0.717) is 24.5 Å². The van der Waals surface area contributed by atoms with Gasteiger partial charge in [-0.1, -0.05) is 13.8 Å². The van der Waals surface area contributed by atoms with Crippen LogP contribution in [-0.4, -0.2) is 41.2 Å². The quantitative estimate of drug-likeness (QED) is 0.814. The highest BCUT2D eigenvalue weighted by molar-refractivity contribution is 5.75. The van der Waals surface area contributed by atoms with Gasteiger partial charge in [-0.2, -0.15) is 0 Å². The Kier molecular flexibility index (Phi) is 4.90. The molecule has 5 nitrogen and oxygen atoms in total. The van der Waals surface area contributed by atoms with Crippen molar-refractivity contribution in [3.63, 3.8) is 0 Å². The van der Waals surface area contributed by atoms with E-state index in [2.05, 4.69) is 4.98 Å². The monoisotopic (exact) mass is 238 g/mol. The maximum Gasteiger partial charge on any atom is 0.325 e. The molecule has 0 fully saturated rings. The van der Waals surface area contributed by atoms with Crippen LogP contribution in [0.2, 0.25) is 0 Å². The summed E-state index contributed by atoms with van der Waals surface area (Å²) in [5.41, 5.74) is 0.669. The minimum atomic E-state index is -0.860. The number of aromatic nitrogens is 1. The van der Waals surface area contributed by atoms with Crippen LogP contribution in [0.1, 0.15) is 25.5 Å². The second-order valence-corrected chi connectivity index (χ2v) is 3.60. The summed E-state index contributed by atoms with van der Waals surface area (Å²) < 4.78 is 4.95. The molecule has 0 saturated heterocycles. The van der Waals surface area contributed by atoms with Crippen LogP contribution in [0.5, 0.6) is 5.88 Å². The summed E-state index contributed by atoms with van der Waals surface area (Å²) in [6, 6.07) is 2.76. The first-order valence-corrected chi connectivity index (χ1v) is 5.60. The summed E-state index contributed by atoms with van der Waals surface area (Å²) in [5.74, 6) is -0.377. The number of nitrogens with zero attached hydrogens (tertiary/aromatic N) is 2. The third-order valence-electron chi connectivity index (χ3n) is 2.70. The van der Waals surface area contributed by atoms with Crippen LogP contribution < -0.4 is 4.74 Å². The number of carbonyl (C=O) groups is 1. The van der Waals surface area contributed by atoms with E-state index in [0.717, 1.165) is 0 Å². The van der Waals surface area contributed by atoms with Gasteiger partial charge in [0.2, 0.25) is 5.88 Å². The Labute approximate surface area is 101 Å². The Balaban J connectivity index is 3.00. The third-order valence-corrected chi connectivity index (χ3v) is 2.70. The Morgan fingerprint density at radius 1 is 1.47 bits per heavy atom. The molecular weight excluding hydrogens is 220 g/mol. The van der Waals surface area contributed by atoms with Gasteiger partial charge in [-0.3, -0.25) is 9.69 Å². The van der Waals surface area contributed by atoms with Gasteiger partial charge in [0.15, 0.2) is 0 Å². The Bertz CT molecular complexity index is 361. The van der Waals surface area contributed by atoms with Crippen molar-refractivity contribution in [2.24, 2.45) is 0 Å². The minimum absolute atomic E-state index is 0.484. The van der Waals surface area contributed by atoms with Crippen LogP contribution in [0, 0.1) is 0 Å². The van der Waals surface area contributed by atoms with Gasteiger partial charge in [0, 0.05) is 12.3 Å². The van der Waals surface area contributed by atoms with E-state index in [1.54, 1.807) is 18.3 Å². The molecule has 0 aromatic carbocycles. The van der Waals surface area contributed by atoms with Crippen molar-refractivity contribution in [3.8, 4) is 5.88 Å². The van der Waals surface area contributed by atoms with E-state index < -0.39 is 12.0 Å². The van der Waals surface area contributed by atoms with E-state index in [-0.39, 0.29) is 0 Å². The van der Waals surface area contributed by atoms with Crippen LogP contribution >= 0.6 is 0 Å². The lowest BCUT2D eigenvalue weighted by Gasteiger charge is -2.26. The topological polar surface area (TPSA) is 62.7 Å². The van der Waals surface area contributed by atoms with Gasteiger partial charge < -0.3 is 9.84 Å². The average Bonchev–Trinajstić information content (AvgIpc) is 2.35. The standard InChI is InChI=1S/C12H18N2O3/c1-4-14(5-2)11(12(15)16)9-6-7-10(17-3)13-8-9/h6-8,11H,4-5H2,1-3H3,(H,15,16). The lowest BCUT2D eigenvalue weighted by atomic mass is 10.1. The van der Waals surface area contributed by atoms with E-state index >= 15 is 0 Å². The van der Waals surface area contributed by atoms with E-state index in [1.807, 2.05) is 18.7 Å². The molecule has 0 bridgehead atoms. The number of hydrogen-bond acceptors (Lipinski definition) is 4. The summed E-state index contributed by atoms with van der Waals surface area (Å²) >= 11 is 0. The molecule has 0 aliphatic carbocycles. The van der Waals surface area contributed by atoms with Gasteiger partial charge in [0.05, 0.1) is 7.11 Å². The van der Waals surface area contributed by atoms with Crippen molar-refractivity contribution in [2.45, 2.75) is 19.9 Å². The fourth-order valence-corrected chi connectivity index (χ4v) is 1.77. The van der Waals surface area contributed by atoms with Gasteiger partial charge in [0.1, 0.15) is 6.04 Å². The minimum Gasteiger partial charge on any atom is -0.481 e. The van der Waals surface area contributed by atoms with Crippen molar-refractivity contribution in [3.05, 3.63) is 23.9 Å². The number of methoxy groups -OCH3 is 1. The highest BCUT2D eigenvalue weighted by Crippen LogP contribution is 2.21. The van der Waals surface area contributed by atoms with Crippen molar-refractivity contribution in [1.82, 2.24) is 9.88 Å². The molecule has 17 heavy (non-hydrogen) atoms. The Hall–Kier alpha value is -1.62. The first-order chi connectivity index (χ1) is 8.13. The molecule has 0 spiro atoms. The van der Waals surface area contributed by atoms with Crippen molar-refractivity contribution >= 4 is 5.97 Å². The fourth-order valence-electron chi connectivity index (χ4n) is 1.77. The van der Waals surface area contributed by atoms with Gasteiger partial charge in [-0.25, -0.2) is 4.98 Å². The van der Waals surface area contributed by atoms with Gasteiger partial charge in [-0.05, 0) is 24.7 Å². The Morgan fingerprint density at radius 2 is 2.12 bits per heavy atom. The number of rotatable bonds is 6. The van der Waals surface area contributed by atoms with E-state index in [9.17, 15) is 9.90 Å². The molecule has 0 amide bonds. The highest BCUT2D eigenvalue weighted by atomic mass is 16.5. The predicted molar refractivity (Wildman–Crippen MR) is 64.1 cm³/mol. The summed E-state index contributed by atoms with van der Waals surface area (Å²) in [5, 5.41) is 9.29. The number of pyridine rings is 1. The van der Waals surface area contributed by atoms with E-state index in [1.165, 1.54) is 7.11 Å². The zero-order chi connectivity index (χ0) is 12.8. The molecule has 0 aliphatic rings. The van der Waals surface area contributed by atoms with Gasteiger partial charge in [0.25, 0.3) is 0 Å². The molecule has 0 radical (unpaired) electrons. The average molecular weight is 238 g/mol. The number of ether oxygens (including phenoxy) is 1. The van der Waals surface area contributed by atoms with Gasteiger partial charge in [-0.15, -0.1) is 0 Å². The highest BCUT2D eigenvalue weighted by Gasteiger charge is 2.25. The summed E-state index contributed by atoms with van der Waals surface area (Å²) in [4.78, 5) is 17.2. The molecule has 1 rings (SSSR count). The lowest BCUT2D eigenvalue weighted by Crippen LogP contribution is -2.33. The number of likely N-dealkylation sites (N-methyl/N-ethyl adjacent to an activating group) is 1. The van der Waals surface area contributed by atoms with Crippen LogP contribution in [-0.2, 0) is 4.79 Å². The first kappa shape index (κ1) is 13.4. The molecule has 1 N–H and O–H groups in total. The zero-order valence-corrected chi connectivity index (χ0v) is 10.4. The summed E-state index contributed by atoms with van der Waals surface area (Å²) in [7, 11) is 1.53. The van der Waals surface area contributed by atoms with Gasteiger partial charge >= 0.3 is 5.97 Å². The molecule has 94 valence electrons. The fraction of sp³-hybridized carbons (Fsp3) is 0.500. The third kappa shape index (κ3) is 3.17. The van der Waals surface area contributed by atoms with E-state index in [4.69, 9.17) is 4.74 Å². The second-order valence-electron chi connectivity index (χ2n) is 3.60. The number of carboxylic acids is 1.